The van der Waals surface area contributed by atoms with Crippen molar-refractivity contribution < 1.29 is 14.6 Å². The zero-order valence-corrected chi connectivity index (χ0v) is 12.6. The van der Waals surface area contributed by atoms with Crippen molar-refractivity contribution in [2.45, 2.75) is 26.4 Å². The molecule has 21 heavy (non-hydrogen) atoms. The minimum Gasteiger partial charge on any atom is -0.491 e. The summed E-state index contributed by atoms with van der Waals surface area (Å²) < 4.78 is 11.1. The predicted molar refractivity (Wildman–Crippen MR) is 84.0 cm³/mol. The van der Waals surface area contributed by atoms with E-state index in [1.54, 1.807) is 0 Å². The van der Waals surface area contributed by atoms with E-state index in [-0.39, 0.29) is 13.2 Å². The number of hydrogen-bond acceptors (Lipinski definition) is 3. The van der Waals surface area contributed by atoms with Crippen molar-refractivity contribution in [2.75, 3.05) is 13.2 Å². The van der Waals surface area contributed by atoms with E-state index < -0.39 is 6.10 Å². The number of aryl methyl sites for hydroxylation is 2. The molecule has 0 saturated carbocycles. The predicted octanol–water partition coefficient (Wildman–Crippen LogP) is 3.38. The zero-order chi connectivity index (χ0) is 15.1. The fourth-order valence-electron chi connectivity index (χ4n) is 1.89. The van der Waals surface area contributed by atoms with Crippen molar-refractivity contribution in [3.05, 3.63) is 59.7 Å². The number of rotatable bonds is 7. The molecule has 0 spiro atoms. The lowest BCUT2D eigenvalue weighted by Crippen LogP contribution is -2.25. The van der Waals surface area contributed by atoms with Gasteiger partial charge < -0.3 is 14.6 Å². The summed E-state index contributed by atoms with van der Waals surface area (Å²) in [6, 6.07) is 15.7. The Labute approximate surface area is 126 Å². The highest BCUT2D eigenvalue weighted by molar-refractivity contribution is 5.27. The molecule has 0 radical (unpaired) electrons. The molecule has 0 aliphatic carbocycles. The smallest absolute Gasteiger partial charge is 0.122 e. The van der Waals surface area contributed by atoms with Gasteiger partial charge in [-0.05, 0) is 43.2 Å². The first kappa shape index (κ1) is 15.4. The number of aliphatic hydroxyl groups is 1. The first-order valence-electron chi connectivity index (χ1n) is 7.26. The molecule has 2 rings (SSSR count). The Morgan fingerprint density at radius 3 is 1.81 bits per heavy atom. The third-order valence-electron chi connectivity index (χ3n) is 3.24. The molecule has 0 aliphatic heterocycles. The van der Waals surface area contributed by atoms with Gasteiger partial charge in [-0.2, -0.15) is 0 Å². The third-order valence-corrected chi connectivity index (χ3v) is 3.24. The number of benzene rings is 2. The van der Waals surface area contributed by atoms with Crippen molar-refractivity contribution in [1.29, 1.82) is 0 Å². The lowest BCUT2D eigenvalue weighted by molar-refractivity contribution is 0.0626. The molecular weight excluding hydrogens is 264 g/mol. The second-order valence-electron chi connectivity index (χ2n) is 5.09. The average Bonchev–Trinajstić information content (AvgIpc) is 2.53. The standard InChI is InChI=1S/C18H22O3/c1-3-15-6-10-18(11-7-15)21-13-16(19)12-20-17-8-4-14(2)5-9-17/h4-11,16,19H,3,12-13H2,1-2H3. The monoisotopic (exact) mass is 286 g/mol. The Kier molecular flexibility index (Phi) is 5.64. The maximum Gasteiger partial charge on any atom is 0.122 e. The van der Waals surface area contributed by atoms with Crippen LogP contribution in [0, 0.1) is 6.92 Å². The lowest BCUT2D eigenvalue weighted by Gasteiger charge is -2.14. The van der Waals surface area contributed by atoms with Crippen molar-refractivity contribution in [1.82, 2.24) is 0 Å². The first-order valence-corrected chi connectivity index (χ1v) is 7.26. The highest BCUT2D eigenvalue weighted by atomic mass is 16.5. The average molecular weight is 286 g/mol. The summed E-state index contributed by atoms with van der Waals surface area (Å²) in [7, 11) is 0. The summed E-state index contributed by atoms with van der Waals surface area (Å²) in [6.45, 7) is 4.58. The van der Waals surface area contributed by atoms with Crippen LogP contribution in [-0.4, -0.2) is 24.4 Å². The highest BCUT2D eigenvalue weighted by Gasteiger charge is 2.06. The molecule has 3 heteroatoms. The fraction of sp³-hybridized carbons (Fsp3) is 0.333. The maximum absolute atomic E-state index is 9.88. The van der Waals surface area contributed by atoms with E-state index in [0.29, 0.717) is 0 Å². The minimum atomic E-state index is -0.655. The van der Waals surface area contributed by atoms with Crippen LogP contribution >= 0.6 is 0 Å². The molecule has 0 heterocycles. The fourth-order valence-corrected chi connectivity index (χ4v) is 1.89. The maximum atomic E-state index is 9.88. The molecule has 0 amide bonds. The molecule has 0 bridgehead atoms. The Hall–Kier alpha value is -2.00. The largest absolute Gasteiger partial charge is 0.491 e. The molecule has 112 valence electrons. The molecule has 0 fully saturated rings. The molecular formula is C18H22O3. The van der Waals surface area contributed by atoms with Crippen LogP contribution in [0.25, 0.3) is 0 Å². The quantitative estimate of drug-likeness (QED) is 0.848. The van der Waals surface area contributed by atoms with Gasteiger partial charge in [-0.1, -0.05) is 36.8 Å². The van der Waals surface area contributed by atoms with Crippen molar-refractivity contribution >= 4 is 0 Å². The van der Waals surface area contributed by atoms with E-state index >= 15 is 0 Å². The summed E-state index contributed by atoms with van der Waals surface area (Å²) in [4.78, 5) is 0. The van der Waals surface area contributed by atoms with Gasteiger partial charge in [0, 0.05) is 0 Å². The zero-order valence-electron chi connectivity index (χ0n) is 12.6. The molecule has 1 N–H and O–H groups in total. The van der Waals surface area contributed by atoms with Gasteiger partial charge in [0.15, 0.2) is 0 Å². The van der Waals surface area contributed by atoms with Gasteiger partial charge in [-0.25, -0.2) is 0 Å². The van der Waals surface area contributed by atoms with Crippen LogP contribution < -0.4 is 9.47 Å². The summed E-state index contributed by atoms with van der Waals surface area (Å²) in [6.07, 6.45) is 0.352. The molecule has 0 aliphatic rings. The second-order valence-corrected chi connectivity index (χ2v) is 5.09. The number of ether oxygens (including phenoxy) is 2. The molecule has 2 aromatic carbocycles. The second kappa shape index (κ2) is 7.70. The highest BCUT2D eigenvalue weighted by Crippen LogP contribution is 2.14. The third kappa shape index (κ3) is 5.12. The van der Waals surface area contributed by atoms with Crippen molar-refractivity contribution in [2.24, 2.45) is 0 Å². The Morgan fingerprint density at radius 1 is 0.857 bits per heavy atom. The Morgan fingerprint density at radius 2 is 1.33 bits per heavy atom. The SMILES string of the molecule is CCc1ccc(OCC(O)COc2ccc(C)cc2)cc1. The van der Waals surface area contributed by atoms with Crippen LogP contribution in [0.5, 0.6) is 11.5 Å². The first-order chi connectivity index (χ1) is 10.2. The molecule has 3 nitrogen and oxygen atoms in total. The minimum absolute atomic E-state index is 0.218. The number of aliphatic hydroxyl groups excluding tert-OH is 1. The van der Waals surface area contributed by atoms with Crippen LogP contribution in [0.2, 0.25) is 0 Å². The van der Waals surface area contributed by atoms with Crippen LogP contribution in [0.4, 0.5) is 0 Å². The van der Waals surface area contributed by atoms with E-state index in [9.17, 15) is 5.11 Å². The molecule has 0 saturated heterocycles. The lowest BCUT2D eigenvalue weighted by atomic mass is 10.2. The van der Waals surface area contributed by atoms with Crippen LogP contribution in [-0.2, 0) is 6.42 Å². The van der Waals surface area contributed by atoms with Crippen LogP contribution in [0.3, 0.4) is 0 Å². The molecule has 1 unspecified atom stereocenters. The van der Waals surface area contributed by atoms with Gasteiger partial charge in [0.2, 0.25) is 0 Å². The van der Waals surface area contributed by atoms with Gasteiger partial charge in [0.05, 0.1) is 0 Å². The normalized spacial score (nSPS) is 12.0. The van der Waals surface area contributed by atoms with E-state index in [4.69, 9.17) is 9.47 Å². The van der Waals surface area contributed by atoms with E-state index in [2.05, 4.69) is 6.92 Å². The van der Waals surface area contributed by atoms with Crippen molar-refractivity contribution in [3.63, 3.8) is 0 Å². The number of hydrogen-bond donors (Lipinski definition) is 1. The van der Waals surface area contributed by atoms with Gasteiger partial charge in [-0.3, -0.25) is 0 Å². The Bertz CT molecular complexity index is 531. The van der Waals surface area contributed by atoms with Gasteiger partial charge in [-0.15, -0.1) is 0 Å². The van der Waals surface area contributed by atoms with Crippen molar-refractivity contribution in [3.8, 4) is 11.5 Å². The summed E-state index contributed by atoms with van der Waals surface area (Å²) in [5.41, 5.74) is 2.45. The van der Waals surface area contributed by atoms with Gasteiger partial charge in [0.25, 0.3) is 0 Å². The van der Waals surface area contributed by atoms with E-state index in [1.165, 1.54) is 11.1 Å². The summed E-state index contributed by atoms with van der Waals surface area (Å²) in [5, 5.41) is 9.88. The molecule has 1 atom stereocenters. The van der Waals surface area contributed by atoms with E-state index in [1.807, 2.05) is 55.5 Å². The summed E-state index contributed by atoms with van der Waals surface area (Å²) >= 11 is 0. The van der Waals surface area contributed by atoms with Crippen LogP contribution in [0.15, 0.2) is 48.5 Å². The van der Waals surface area contributed by atoms with Gasteiger partial charge >= 0.3 is 0 Å². The van der Waals surface area contributed by atoms with E-state index in [0.717, 1.165) is 17.9 Å². The molecule has 0 aromatic heterocycles. The van der Waals surface area contributed by atoms with Gasteiger partial charge in [0.1, 0.15) is 30.8 Å². The Balaban J connectivity index is 1.73. The summed E-state index contributed by atoms with van der Waals surface area (Å²) in [5.74, 6) is 1.52. The topological polar surface area (TPSA) is 38.7 Å². The molecule has 2 aromatic rings. The van der Waals surface area contributed by atoms with Crippen LogP contribution in [0.1, 0.15) is 18.1 Å².